The molecule has 172 valence electrons. The second-order valence-electron chi connectivity index (χ2n) is 7.02. The van der Waals surface area contributed by atoms with Crippen molar-refractivity contribution in [3.05, 3.63) is 29.8 Å². The number of carbonyl (C=O) groups excluding carboxylic acids is 3. The topological polar surface area (TPSA) is 191 Å². The Balaban J connectivity index is 2.76. The number of aliphatic carboxylic acids is 1. The van der Waals surface area contributed by atoms with Crippen molar-refractivity contribution >= 4 is 36.3 Å². The van der Waals surface area contributed by atoms with Crippen LogP contribution in [0.5, 0.6) is 5.75 Å². The van der Waals surface area contributed by atoms with E-state index >= 15 is 0 Å². The average molecular weight is 457 g/mol. The number of nitrogens with one attached hydrogen (secondary N) is 3. The number of aliphatic hydroxyl groups excluding tert-OH is 1. The predicted molar refractivity (Wildman–Crippen MR) is 114 cm³/mol. The van der Waals surface area contributed by atoms with Gasteiger partial charge in [-0.15, -0.1) is 0 Å². The molecule has 1 rings (SSSR count). The molecule has 0 aliphatic heterocycles. The first-order chi connectivity index (χ1) is 14.5. The summed E-state index contributed by atoms with van der Waals surface area (Å²) < 4.78 is 0. The van der Waals surface area contributed by atoms with Gasteiger partial charge in [-0.2, -0.15) is 12.6 Å². The Hall–Kier alpha value is -2.83. The number of carboxylic acids is 1. The van der Waals surface area contributed by atoms with Gasteiger partial charge in [0.25, 0.3) is 0 Å². The number of hydrogen-bond acceptors (Lipinski definition) is 8. The number of aliphatic hydroxyl groups is 1. The van der Waals surface area contributed by atoms with Gasteiger partial charge in [-0.05, 0) is 38.0 Å². The number of rotatable bonds is 11. The van der Waals surface area contributed by atoms with Crippen LogP contribution in [0.3, 0.4) is 0 Å². The van der Waals surface area contributed by atoms with E-state index in [1.807, 2.05) is 0 Å². The molecule has 0 fully saturated rings. The molecule has 5 unspecified atom stereocenters. The van der Waals surface area contributed by atoms with Gasteiger partial charge in [-0.1, -0.05) is 12.1 Å². The molecule has 0 saturated carbocycles. The van der Waals surface area contributed by atoms with Crippen LogP contribution in [0.1, 0.15) is 19.4 Å². The van der Waals surface area contributed by atoms with Gasteiger partial charge in [-0.3, -0.25) is 19.2 Å². The molecule has 5 atom stereocenters. The van der Waals surface area contributed by atoms with Crippen molar-refractivity contribution in [3.8, 4) is 5.75 Å². The van der Waals surface area contributed by atoms with E-state index in [0.29, 0.717) is 5.56 Å². The van der Waals surface area contributed by atoms with E-state index in [1.165, 1.54) is 26.0 Å². The van der Waals surface area contributed by atoms with Crippen LogP contribution in [0.25, 0.3) is 0 Å². The normalized spacial score (nSPS) is 15.6. The van der Waals surface area contributed by atoms with Crippen LogP contribution >= 0.6 is 12.6 Å². The van der Waals surface area contributed by atoms with Crippen molar-refractivity contribution < 1.29 is 34.5 Å². The first-order valence-electron chi connectivity index (χ1n) is 9.42. The SMILES string of the molecule is CC(NC(=O)C(CS)NC(=O)C(NC(=O)C(N)Cc1ccc(O)cc1)C(C)O)C(=O)O. The number of amides is 3. The molecule has 0 heterocycles. The molecule has 0 aliphatic rings. The van der Waals surface area contributed by atoms with Crippen molar-refractivity contribution in [1.29, 1.82) is 0 Å². The van der Waals surface area contributed by atoms with E-state index in [9.17, 15) is 29.4 Å². The second-order valence-corrected chi connectivity index (χ2v) is 7.38. The van der Waals surface area contributed by atoms with Crippen LogP contribution in [-0.4, -0.2) is 75.0 Å². The largest absolute Gasteiger partial charge is 0.508 e. The van der Waals surface area contributed by atoms with Crippen molar-refractivity contribution in [2.24, 2.45) is 5.73 Å². The highest BCUT2D eigenvalue weighted by Crippen LogP contribution is 2.11. The van der Waals surface area contributed by atoms with Gasteiger partial charge in [0.1, 0.15) is 23.9 Å². The number of nitrogens with two attached hydrogens (primary N) is 1. The fraction of sp³-hybridized carbons (Fsp3) is 0.474. The number of aromatic hydroxyl groups is 1. The van der Waals surface area contributed by atoms with Gasteiger partial charge in [0, 0.05) is 5.75 Å². The molecule has 31 heavy (non-hydrogen) atoms. The fourth-order valence-electron chi connectivity index (χ4n) is 2.48. The quantitative estimate of drug-likeness (QED) is 0.178. The molecule has 0 saturated heterocycles. The summed E-state index contributed by atoms with van der Waals surface area (Å²) in [6, 6.07) is 1.24. The third-order valence-electron chi connectivity index (χ3n) is 4.34. The average Bonchev–Trinajstić information content (AvgIpc) is 2.70. The number of phenols is 1. The summed E-state index contributed by atoms with van der Waals surface area (Å²) in [5.74, 6) is -3.69. The maximum absolute atomic E-state index is 12.5. The molecule has 8 N–H and O–H groups in total. The van der Waals surface area contributed by atoms with Crippen molar-refractivity contribution in [2.75, 3.05) is 5.75 Å². The molecule has 11 nitrogen and oxygen atoms in total. The van der Waals surface area contributed by atoms with E-state index in [0.717, 1.165) is 0 Å². The smallest absolute Gasteiger partial charge is 0.325 e. The van der Waals surface area contributed by atoms with E-state index in [-0.39, 0.29) is 17.9 Å². The van der Waals surface area contributed by atoms with Gasteiger partial charge >= 0.3 is 5.97 Å². The molecular formula is C19H28N4O7S. The predicted octanol–water partition coefficient (Wildman–Crippen LogP) is -1.87. The van der Waals surface area contributed by atoms with E-state index in [1.54, 1.807) is 12.1 Å². The summed E-state index contributed by atoms with van der Waals surface area (Å²) in [5.41, 5.74) is 6.55. The number of carbonyl (C=O) groups is 4. The van der Waals surface area contributed by atoms with Crippen LogP contribution in [0.4, 0.5) is 0 Å². The third kappa shape index (κ3) is 8.44. The molecule has 0 aromatic heterocycles. The maximum atomic E-state index is 12.5. The summed E-state index contributed by atoms with van der Waals surface area (Å²) in [4.78, 5) is 48.0. The standard InChI is InChI=1S/C19H28N4O7S/c1-9(19(29)30)21-17(27)14(8-31)22-18(28)15(10(2)24)23-16(26)13(20)7-11-3-5-12(25)6-4-11/h3-6,9-10,13-15,24-25,31H,7-8,20H2,1-2H3,(H,21,27)(H,22,28)(H,23,26)(H,29,30). The fourth-order valence-corrected chi connectivity index (χ4v) is 2.73. The Morgan fingerprint density at radius 3 is 2.06 bits per heavy atom. The van der Waals surface area contributed by atoms with Gasteiger partial charge in [0.15, 0.2) is 0 Å². The molecule has 1 aromatic carbocycles. The Bertz CT molecular complexity index is 788. The zero-order chi connectivity index (χ0) is 23.7. The number of thiol groups is 1. The highest BCUT2D eigenvalue weighted by Gasteiger charge is 2.31. The van der Waals surface area contributed by atoms with Crippen LogP contribution in [0.2, 0.25) is 0 Å². The lowest BCUT2D eigenvalue weighted by atomic mass is 10.0. The Labute approximate surface area is 184 Å². The van der Waals surface area contributed by atoms with E-state index in [2.05, 4.69) is 28.6 Å². The Morgan fingerprint density at radius 1 is 1.00 bits per heavy atom. The zero-order valence-corrected chi connectivity index (χ0v) is 18.0. The third-order valence-corrected chi connectivity index (χ3v) is 4.70. The summed E-state index contributed by atoms with van der Waals surface area (Å²) in [6.45, 7) is 2.53. The minimum absolute atomic E-state index is 0.0631. The van der Waals surface area contributed by atoms with Crippen molar-refractivity contribution in [1.82, 2.24) is 16.0 Å². The van der Waals surface area contributed by atoms with Gasteiger partial charge in [-0.25, -0.2) is 0 Å². The number of phenolic OH excluding ortho intramolecular Hbond substituents is 1. The molecule has 1 aromatic rings. The minimum atomic E-state index is -1.41. The molecular weight excluding hydrogens is 428 g/mol. The van der Waals surface area contributed by atoms with Crippen LogP contribution in [0, 0.1) is 0 Å². The molecule has 12 heteroatoms. The summed E-state index contributed by atoms with van der Waals surface area (Å²) in [6.07, 6.45) is -1.19. The van der Waals surface area contributed by atoms with Crippen LogP contribution in [-0.2, 0) is 25.6 Å². The molecule has 0 radical (unpaired) electrons. The van der Waals surface area contributed by atoms with Crippen LogP contribution in [0.15, 0.2) is 24.3 Å². The van der Waals surface area contributed by atoms with Gasteiger partial charge in [0.05, 0.1) is 12.1 Å². The van der Waals surface area contributed by atoms with Gasteiger partial charge < -0.3 is 37.0 Å². The zero-order valence-electron chi connectivity index (χ0n) is 17.1. The molecule has 0 bridgehead atoms. The first kappa shape index (κ1) is 26.2. The summed E-state index contributed by atoms with van der Waals surface area (Å²) >= 11 is 3.98. The molecule has 0 spiro atoms. The lowest BCUT2D eigenvalue weighted by Gasteiger charge is -2.25. The highest BCUT2D eigenvalue weighted by molar-refractivity contribution is 7.80. The lowest BCUT2D eigenvalue weighted by molar-refractivity contribution is -0.141. The Morgan fingerprint density at radius 2 is 1.58 bits per heavy atom. The molecule has 0 aliphatic carbocycles. The van der Waals surface area contributed by atoms with E-state index in [4.69, 9.17) is 10.8 Å². The van der Waals surface area contributed by atoms with Crippen LogP contribution < -0.4 is 21.7 Å². The maximum Gasteiger partial charge on any atom is 0.325 e. The first-order valence-corrected chi connectivity index (χ1v) is 10.1. The minimum Gasteiger partial charge on any atom is -0.508 e. The van der Waals surface area contributed by atoms with Crippen molar-refractivity contribution in [2.45, 2.75) is 50.5 Å². The van der Waals surface area contributed by atoms with Gasteiger partial charge in [0.2, 0.25) is 17.7 Å². The second kappa shape index (κ2) is 12.1. The Kier molecular flexibility index (Phi) is 10.3. The van der Waals surface area contributed by atoms with E-state index < -0.39 is 54.0 Å². The monoisotopic (exact) mass is 456 g/mol. The van der Waals surface area contributed by atoms with Crippen molar-refractivity contribution in [3.63, 3.8) is 0 Å². The highest BCUT2D eigenvalue weighted by atomic mass is 32.1. The molecule has 3 amide bonds. The number of hydrogen-bond donors (Lipinski definition) is 8. The lowest BCUT2D eigenvalue weighted by Crippen LogP contribution is -2.60. The summed E-state index contributed by atoms with van der Waals surface area (Å²) in [7, 11) is 0. The number of carboxylic acid groups (broad SMARTS) is 1. The summed E-state index contributed by atoms with van der Waals surface area (Å²) in [5, 5.41) is 35.0. The number of benzene rings is 1.